The predicted octanol–water partition coefficient (Wildman–Crippen LogP) is 0.790. The van der Waals surface area contributed by atoms with Gasteiger partial charge in [0.2, 0.25) is 5.91 Å². The van der Waals surface area contributed by atoms with Crippen LogP contribution in [0.3, 0.4) is 0 Å². The second-order valence-electron chi connectivity index (χ2n) is 5.31. The molecule has 0 unspecified atom stereocenters. The average molecular weight is 249 g/mol. The van der Waals surface area contributed by atoms with E-state index in [1.165, 1.54) is 6.39 Å². The van der Waals surface area contributed by atoms with E-state index in [2.05, 4.69) is 22.8 Å². The second kappa shape index (κ2) is 3.57. The van der Waals surface area contributed by atoms with Crippen molar-refractivity contribution in [3.8, 4) is 0 Å². The molecule has 2 N–H and O–H groups in total. The highest BCUT2D eigenvalue weighted by atomic mass is 16.3. The number of amides is 2. The molecule has 0 bridgehead atoms. The van der Waals surface area contributed by atoms with Gasteiger partial charge in [-0.1, -0.05) is 6.92 Å². The Bertz CT molecular complexity index is 524. The number of hydrogen-bond acceptors (Lipinski definition) is 4. The first-order valence-corrected chi connectivity index (χ1v) is 6.05. The first-order chi connectivity index (χ1) is 8.54. The third-order valence-corrected chi connectivity index (χ3v) is 4.21. The van der Waals surface area contributed by atoms with Crippen LogP contribution in [0.4, 0.5) is 0 Å². The van der Waals surface area contributed by atoms with E-state index in [0.29, 0.717) is 17.6 Å². The van der Waals surface area contributed by atoms with E-state index in [1.807, 2.05) is 0 Å². The standard InChI is InChI=1S/C12H15N3O3/c1-6-3-12(4-8(6)12)11(17)15-14-10(16)9-7(2)18-5-13-9/h5-6,8H,3-4H2,1-2H3,(H,14,16)(H,15,17)/t6-,8-,12+/m1/s1. The summed E-state index contributed by atoms with van der Waals surface area (Å²) in [5.41, 5.74) is 4.86. The molecule has 1 heterocycles. The summed E-state index contributed by atoms with van der Waals surface area (Å²) in [6, 6.07) is 0. The Morgan fingerprint density at radius 1 is 1.44 bits per heavy atom. The van der Waals surface area contributed by atoms with Crippen molar-refractivity contribution in [2.24, 2.45) is 17.3 Å². The number of fused-ring (bicyclic) bond motifs is 1. The lowest BCUT2D eigenvalue weighted by Gasteiger charge is -2.30. The van der Waals surface area contributed by atoms with Crippen LogP contribution in [0.15, 0.2) is 10.8 Å². The van der Waals surface area contributed by atoms with Crippen LogP contribution in [0.1, 0.15) is 36.0 Å². The van der Waals surface area contributed by atoms with E-state index in [-0.39, 0.29) is 17.0 Å². The van der Waals surface area contributed by atoms with Gasteiger partial charge in [0.25, 0.3) is 5.91 Å². The molecule has 1 aromatic rings. The molecule has 2 fully saturated rings. The Kier molecular flexibility index (Phi) is 2.23. The van der Waals surface area contributed by atoms with Gasteiger partial charge in [0.15, 0.2) is 12.1 Å². The van der Waals surface area contributed by atoms with Crippen LogP contribution >= 0.6 is 0 Å². The van der Waals surface area contributed by atoms with Gasteiger partial charge in [0, 0.05) is 0 Å². The molecule has 0 spiro atoms. The summed E-state index contributed by atoms with van der Waals surface area (Å²) in [6.07, 6.45) is 3.07. The van der Waals surface area contributed by atoms with E-state index in [9.17, 15) is 9.59 Å². The number of hydrazine groups is 1. The summed E-state index contributed by atoms with van der Waals surface area (Å²) in [5, 5.41) is 0. The fourth-order valence-electron chi connectivity index (χ4n) is 3.04. The van der Waals surface area contributed by atoms with E-state index in [4.69, 9.17) is 4.42 Å². The fraction of sp³-hybridized carbons (Fsp3) is 0.583. The Labute approximate surface area is 104 Å². The summed E-state index contributed by atoms with van der Waals surface area (Å²) in [6.45, 7) is 3.80. The van der Waals surface area contributed by atoms with Crippen molar-refractivity contribution < 1.29 is 14.0 Å². The lowest BCUT2D eigenvalue weighted by molar-refractivity contribution is -0.131. The molecule has 0 aliphatic heterocycles. The highest BCUT2D eigenvalue weighted by Gasteiger charge is 2.69. The molecule has 1 aromatic heterocycles. The van der Waals surface area contributed by atoms with E-state index in [1.54, 1.807) is 6.92 Å². The van der Waals surface area contributed by atoms with Crippen molar-refractivity contribution in [1.82, 2.24) is 15.8 Å². The Balaban J connectivity index is 1.55. The first kappa shape index (κ1) is 11.3. The van der Waals surface area contributed by atoms with Gasteiger partial charge in [-0.15, -0.1) is 0 Å². The van der Waals surface area contributed by atoms with Gasteiger partial charge in [0.1, 0.15) is 5.76 Å². The Morgan fingerprint density at radius 3 is 2.72 bits per heavy atom. The fourth-order valence-corrected chi connectivity index (χ4v) is 3.04. The number of aryl methyl sites for hydroxylation is 1. The van der Waals surface area contributed by atoms with E-state index in [0.717, 1.165) is 12.8 Å². The van der Waals surface area contributed by atoms with Crippen LogP contribution in [0.5, 0.6) is 0 Å². The molecule has 96 valence electrons. The number of nitrogens with zero attached hydrogens (tertiary/aromatic N) is 1. The minimum atomic E-state index is -0.449. The molecule has 18 heavy (non-hydrogen) atoms. The molecule has 2 amide bonds. The summed E-state index contributed by atoms with van der Waals surface area (Å²) in [5.74, 6) is 1.03. The number of hydrogen-bond donors (Lipinski definition) is 2. The third-order valence-electron chi connectivity index (χ3n) is 4.21. The number of aromatic nitrogens is 1. The maximum Gasteiger partial charge on any atom is 0.291 e. The normalized spacial score (nSPS) is 32.1. The molecule has 2 aliphatic rings. The summed E-state index contributed by atoms with van der Waals surface area (Å²) in [7, 11) is 0. The topological polar surface area (TPSA) is 84.2 Å². The van der Waals surface area contributed by atoms with Crippen molar-refractivity contribution in [3.05, 3.63) is 17.8 Å². The van der Waals surface area contributed by atoms with Crippen molar-refractivity contribution in [3.63, 3.8) is 0 Å². The number of carbonyl (C=O) groups is 2. The van der Waals surface area contributed by atoms with Gasteiger partial charge in [-0.05, 0) is 31.6 Å². The molecule has 6 nitrogen and oxygen atoms in total. The maximum absolute atomic E-state index is 11.9. The lowest BCUT2D eigenvalue weighted by Crippen LogP contribution is -2.48. The molecule has 2 aliphatic carbocycles. The largest absolute Gasteiger partial charge is 0.448 e. The van der Waals surface area contributed by atoms with Gasteiger partial charge in [-0.3, -0.25) is 20.4 Å². The highest BCUT2D eigenvalue weighted by Crippen LogP contribution is 2.70. The Morgan fingerprint density at radius 2 is 2.22 bits per heavy atom. The third kappa shape index (κ3) is 1.45. The average Bonchev–Trinajstić information content (AvgIpc) is 2.75. The molecule has 3 atom stereocenters. The molecule has 0 saturated heterocycles. The van der Waals surface area contributed by atoms with Gasteiger partial charge in [-0.2, -0.15) is 0 Å². The maximum atomic E-state index is 11.9. The number of carbonyl (C=O) groups excluding carboxylic acids is 2. The van der Waals surface area contributed by atoms with Gasteiger partial charge in [0.05, 0.1) is 5.41 Å². The highest BCUT2D eigenvalue weighted by molar-refractivity contribution is 5.95. The minimum absolute atomic E-state index is 0.0832. The molecular weight excluding hydrogens is 234 g/mol. The summed E-state index contributed by atoms with van der Waals surface area (Å²) in [4.78, 5) is 27.4. The van der Waals surface area contributed by atoms with Crippen molar-refractivity contribution in [1.29, 1.82) is 0 Å². The quantitative estimate of drug-likeness (QED) is 0.759. The van der Waals surface area contributed by atoms with Crippen LogP contribution in [-0.4, -0.2) is 16.8 Å². The van der Waals surface area contributed by atoms with E-state index < -0.39 is 5.91 Å². The van der Waals surface area contributed by atoms with Crippen molar-refractivity contribution in [2.75, 3.05) is 0 Å². The van der Waals surface area contributed by atoms with Crippen molar-refractivity contribution >= 4 is 11.8 Å². The second-order valence-corrected chi connectivity index (χ2v) is 5.31. The zero-order valence-electron chi connectivity index (χ0n) is 10.3. The van der Waals surface area contributed by atoms with Gasteiger partial charge >= 0.3 is 0 Å². The SMILES string of the molecule is Cc1ocnc1C(=O)NNC(=O)[C@]12C[C@@H](C)[C@H]1C2. The summed E-state index contributed by atoms with van der Waals surface area (Å²) >= 11 is 0. The Hall–Kier alpha value is -1.85. The van der Waals surface area contributed by atoms with E-state index >= 15 is 0 Å². The molecule has 0 aromatic carbocycles. The molecule has 6 heteroatoms. The molecule has 0 radical (unpaired) electrons. The molecule has 3 rings (SSSR count). The van der Waals surface area contributed by atoms with Gasteiger partial charge < -0.3 is 4.42 Å². The zero-order valence-corrected chi connectivity index (χ0v) is 10.3. The van der Waals surface area contributed by atoms with Gasteiger partial charge in [-0.25, -0.2) is 4.98 Å². The lowest BCUT2D eigenvalue weighted by atomic mass is 9.75. The number of oxazole rings is 1. The molecule has 2 saturated carbocycles. The monoisotopic (exact) mass is 249 g/mol. The zero-order chi connectivity index (χ0) is 12.9. The summed E-state index contributed by atoms with van der Waals surface area (Å²) < 4.78 is 4.93. The van der Waals surface area contributed by atoms with Crippen LogP contribution in [-0.2, 0) is 4.79 Å². The van der Waals surface area contributed by atoms with Crippen molar-refractivity contribution in [2.45, 2.75) is 26.7 Å². The van der Waals surface area contributed by atoms with Crippen LogP contribution in [0, 0.1) is 24.2 Å². The predicted molar refractivity (Wildman–Crippen MR) is 61.2 cm³/mol. The van der Waals surface area contributed by atoms with Crippen LogP contribution < -0.4 is 10.9 Å². The smallest absolute Gasteiger partial charge is 0.291 e. The van der Waals surface area contributed by atoms with Crippen LogP contribution in [0.2, 0.25) is 0 Å². The molecular formula is C12H15N3O3. The number of rotatable bonds is 2. The minimum Gasteiger partial charge on any atom is -0.448 e. The number of nitrogens with one attached hydrogen (secondary N) is 2. The van der Waals surface area contributed by atoms with Crippen LogP contribution in [0.25, 0.3) is 0 Å². The first-order valence-electron chi connectivity index (χ1n) is 6.05.